The second-order valence-corrected chi connectivity index (χ2v) is 13.9. The van der Waals surface area contributed by atoms with E-state index in [9.17, 15) is 53.0 Å². The summed E-state index contributed by atoms with van der Waals surface area (Å²) in [4.78, 5) is 22.6. The van der Waals surface area contributed by atoms with Gasteiger partial charge in [-0.15, -0.1) is 0 Å². The van der Waals surface area contributed by atoms with Crippen LogP contribution in [0.3, 0.4) is 0 Å². The summed E-state index contributed by atoms with van der Waals surface area (Å²) >= 11 is -14.1. The summed E-state index contributed by atoms with van der Waals surface area (Å²) in [6.45, 7) is -2.74. The van der Waals surface area contributed by atoms with Crippen LogP contribution in [0, 0.1) is 0 Å². The van der Waals surface area contributed by atoms with Crippen molar-refractivity contribution in [2.45, 2.75) is 48.8 Å². The van der Waals surface area contributed by atoms with Gasteiger partial charge < -0.3 is 49.3 Å². The Morgan fingerprint density at radius 3 is 1.18 bits per heavy atom. The van der Waals surface area contributed by atoms with Crippen molar-refractivity contribution in [2.24, 2.45) is 0 Å². The van der Waals surface area contributed by atoms with Crippen molar-refractivity contribution in [3.05, 3.63) is 0 Å². The quantitative estimate of drug-likeness (QED) is 0.122. The molecule has 0 saturated carbocycles. The van der Waals surface area contributed by atoms with Crippen LogP contribution in [-0.2, 0) is 27.7 Å². The largest absolute Gasteiger partial charge is 1.00 e. The summed E-state index contributed by atoms with van der Waals surface area (Å²) in [6, 6.07) is 0. The molecule has 25 N–H and O–H groups in total. The fourth-order valence-electron chi connectivity index (χ4n) is 2.40. The number of aliphatic carboxylic acids is 2. The minimum atomic E-state index is -7.15. The molecule has 0 aromatic rings. The number of carboxylic acid groups (broad SMARTS) is 2. The number of hydrogen-bond donors (Lipinski definition) is 7. The molecule has 1 saturated heterocycles. The van der Waals surface area contributed by atoms with Crippen LogP contribution in [0.1, 0.15) is 0 Å². The van der Waals surface area contributed by atoms with Gasteiger partial charge in [-0.05, 0) is 0 Å². The molecule has 0 spiro atoms. The van der Waals surface area contributed by atoms with E-state index in [1.54, 1.807) is 0 Å². The molecule has 0 aromatic heterocycles. The van der Waals surface area contributed by atoms with Gasteiger partial charge in [-0.1, -0.05) is 0 Å². The van der Waals surface area contributed by atoms with Crippen LogP contribution in [0.5, 0.6) is 0 Å². The first kappa shape index (κ1) is 80.8. The van der Waals surface area contributed by atoms with Gasteiger partial charge in [0.2, 0.25) is 0 Å². The first-order valence-electron chi connectivity index (χ1n) is 8.30. The Hall–Kier alpha value is 2.34. The van der Waals surface area contributed by atoms with Gasteiger partial charge in [0.05, 0.1) is 0 Å². The second kappa shape index (κ2) is 35.2. The first-order valence-corrected chi connectivity index (χ1v) is 16.7. The van der Waals surface area contributed by atoms with E-state index in [1.165, 1.54) is 0 Å². The molecule has 0 radical (unpaired) electrons. The average Bonchev–Trinajstić information content (AvgIpc) is 2.69. The average molecular weight is 926 g/mol. The zero-order valence-corrected chi connectivity index (χ0v) is 34.2. The number of hydrogen-bond acceptors (Lipinski definition) is 17. The summed E-state index contributed by atoms with van der Waals surface area (Å²) < 4.78 is 63.6. The Bertz CT molecular complexity index is 718. The number of aliphatic hydroxyl groups is 6. The molecular formula is C12H37Na3O27Sb2. The maximum Gasteiger partial charge on any atom is 1.00 e. The van der Waals surface area contributed by atoms with Crippen molar-refractivity contribution >= 4 is 52.0 Å². The molecular weight excluding hydrogens is 889 g/mol. The topological polar surface area (TPSA) is 599 Å². The van der Waals surface area contributed by atoms with E-state index in [1.807, 2.05) is 0 Å². The zero-order valence-electron chi connectivity index (χ0n) is 23.0. The molecule has 0 amide bonds. The molecule has 0 aromatic carbocycles. The third-order valence-electron chi connectivity index (χ3n) is 3.89. The smallest absolute Gasteiger partial charge is 1.00 e. The standard InChI is InChI=1S/2C6H10O7.3Na.10H2O.3O.2Sb/c2*7-1-2(8)3(9)4(10)5(11)6(12)13;;;;;;;;;;;;;;;;;;/h2*2-5,7-8,10H,1H2,(H,12,13);;;;10*1H2;;;;;/q2*-2;3*+1;;;;;;;;;;;;;-1;+2;+3/p-3/t2*2-,3-,4-,5-;;;;;;;;;;;;;;;;;;/m11................../s1. The van der Waals surface area contributed by atoms with Crippen molar-refractivity contribution in [3.63, 3.8) is 0 Å². The molecule has 0 aliphatic carbocycles. The first-order chi connectivity index (χ1) is 14.6. The van der Waals surface area contributed by atoms with E-state index in [0.717, 1.165) is 0 Å². The molecule has 1 aliphatic rings. The third-order valence-corrected chi connectivity index (χ3v) is 9.57. The summed E-state index contributed by atoms with van der Waals surface area (Å²) in [6.07, 6.45) is -21.8. The van der Waals surface area contributed by atoms with Crippen molar-refractivity contribution in [3.8, 4) is 0 Å². The fourth-order valence-corrected chi connectivity index (χ4v) is 8.74. The summed E-state index contributed by atoms with van der Waals surface area (Å²) in [5.74, 6) is -4.95. The van der Waals surface area contributed by atoms with Crippen molar-refractivity contribution in [1.82, 2.24) is 0 Å². The number of carboxylic acids is 2. The molecule has 260 valence electrons. The Morgan fingerprint density at radius 1 is 0.636 bits per heavy atom. The van der Waals surface area contributed by atoms with Crippen LogP contribution >= 0.6 is 0 Å². The van der Waals surface area contributed by atoms with E-state index in [0.29, 0.717) is 0 Å². The Balaban J connectivity index is -0.0000000853. The van der Waals surface area contributed by atoms with Gasteiger partial charge in [-0.25, -0.2) is 0 Å². The summed E-state index contributed by atoms with van der Waals surface area (Å²) in [5, 5.41) is 80.2. The molecule has 1 aliphatic heterocycles. The molecule has 27 nitrogen and oxygen atoms in total. The van der Waals surface area contributed by atoms with E-state index in [2.05, 4.69) is 12.1 Å². The van der Waals surface area contributed by atoms with E-state index < -0.39 is 114 Å². The Labute approximate surface area is 323 Å². The van der Waals surface area contributed by atoms with Crippen molar-refractivity contribution in [1.29, 1.82) is 0 Å². The predicted molar refractivity (Wildman–Crippen MR) is 115 cm³/mol. The van der Waals surface area contributed by atoms with Crippen LogP contribution in [-0.4, -0.2) is 197 Å². The number of aliphatic hydroxyl groups excluding tert-OH is 6. The number of rotatable bonds is 6. The van der Waals surface area contributed by atoms with Crippen LogP contribution in [0.15, 0.2) is 0 Å². The van der Waals surface area contributed by atoms with Crippen molar-refractivity contribution in [2.75, 3.05) is 13.2 Å². The molecule has 44 heavy (non-hydrogen) atoms. The van der Waals surface area contributed by atoms with E-state index >= 15 is 0 Å². The van der Waals surface area contributed by atoms with E-state index in [-0.39, 0.29) is 138 Å². The van der Waals surface area contributed by atoms with E-state index in [4.69, 9.17) is 10.2 Å². The number of carbonyl (C=O) groups is 2. The van der Waals surface area contributed by atoms with Gasteiger partial charge >= 0.3 is 278 Å². The molecule has 0 bridgehead atoms. The van der Waals surface area contributed by atoms with Gasteiger partial charge in [0.1, 0.15) is 0 Å². The minimum Gasteiger partial charge on any atom is 1.00 e. The van der Waals surface area contributed by atoms with Crippen LogP contribution in [0.25, 0.3) is 0 Å². The maximum atomic E-state index is 12.3. The molecule has 2 unspecified atom stereocenters. The van der Waals surface area contributed by atoms with Gasteiger partial charge in [0.15, 0.2) is 0 Å². The molecule has 1 fully saturated rings. The predicted octanol–water partition coefficient (Wildman–Crippen LogP) is -26.9. The monoisotopic (exact) mass is 924 g/mol. The normalized spacial score (nSPS) is 30.3. The fraction of sp³-hybridized carbons (Fsp3) is 0.833. The van der Waals surface area contributed by atoms with Crippen LogP contribution in [0.4, 0.5) is 0 Å². The second-order valence-electron chi connectivity index (χ2n) is 6.23. The van der Waals surface area contributed by atoms with Gasteiger partial charge in [-0.3, -0.25) is 0 Å². The molecule has 10 atom stereocenters. The summed E-state index contributed by atoms with van der Waals surface area (Å²) in [5.41, 5.74) is 0. The van der Waals surface area contributed by atoms with Crippen LogP contribution < -0.4 is 102 Å². The maximum absolute atomic E-state index is 12.3. The molecule has 1 heterocycles. The Kier molecular flexibility index (Phi) is 64.6. The SMILES string of the molecule is O.O.O.O.O.O.O.O.O.O=C([O-])[C@@H]1[O][Sb](=[O])([O-])[O][C@H]([C@H](O)CO)[C@@H](O)[C@H](C(=O)[O-])[O][Sb](=[O])([OH])[O][C@H]([C@H](O)CO)[C@H]1O.[Na+].[Na+].[Na+]. The third kappa shape index (κ3) is 24.5. The van der Waals surface area contributed by atoms with Crippen LogP contribution in [0.2, 0.25) is 0 Å². The van der Waals surface area contributed by atoms with Gasteiger partial charge in [-0.2, -0.15) is 0 Å². The van der Waals surface area contributed by atoms with Gasteiger partial charge in [0, 0.05) is 0 Å². The zero-order chi connectivity index (χ0) is 25.0. The van der Waals surface area contributed by atoms with Crippen molar-refractivity contribution < 1.29 is 213 Å². The Morgan fingerprint density at radius 2 is 0.909 bits per heavy atom. The summed E-state index contributed by atoms with van der Waals surface area (Å²) in [7, 11) is 0. The minimum absolute atomic E-state index is 0. The molecule has 32 heteroatoms. The van der Waals surface area contributed by atoms with Gasteiger partial charge in [0.25, 0.3) is 0 Å². The number of carbonyl (C=O) groups excluding carboxylic acids is 2. The molecule has 1 rings (SSSR count).